The van der Waals surface area contributed by atoms with Gasteiger partial charge in [-0.2, -0.15) is 0 Å². The highest BCUT2D eigenvalue weighted by atomic mass is 16.2. The van der Waals surface area contributed by atoms with Gasteiger partial charge in [0.05, 0.1) is 0 Å². The van der Waals surface area contributed by atoms with E-state index < -0.39 is 0 Å². The van der Waals surface area contributed by atoms with Gasteiger partial charge in [-0.05, 0) is 43.0 Å². The van der Waals surface area contributed by atoms with Crippen LogP contribution in [0, 0.1) is 0 Å². The Balaban J connectivity index is 1.83. The van der Waals surface area contributed by atoms with Gasteiger partial charge in [-0.1, -0.05) is 31.4 Å². The molecule has 0 radical (unpaired) electrons. The number of hydrogen-bond donors (Lipinski definition) is 1. The minimum atomic E-state index is 0.206. The molecule has 1 aromatic carbocycles. The molecule has 20 heavy (non-hydrogen) atoms. The monoisotopic (exact) mass is 272 g/mol. The molecule has 0 saturated heterocycles. The number of hydrogen-bond acceptors (Lipinski definition) is 2. The van der Waals surface area contributed by atoms with E-state index in [1.165, 1.54) is 30.4 Å². The van der Waals surface area contributed by atoms with Crippen LogP contribution >= 0.6 is 0 Å². The molecule has 1 aliphatic heterocycles. The molecular formula is C17H24N2O. The van der Waals surface area contributed by atoms with Gasteiger partial charge in [0.1, 0.15) is 0 Å². The fourth-order valence-corrected chi connectivity index (χ4v) is 3.54. The molecule has 1 saturated carbocycles. The summed E-state index contributed by atoms with van der Waals surface area (Å²) in [6.45, 7) is 1.85. The van der Waals surface area contributed by atoms with Crippen LogP contribution in [-0.2, 0) is 13.0 Å². The molecule has 0 aromatic heterocycles. The van der Waals surface area contributed by atoms with Gasteiger partial charge in [0.15, 0.2) is 0 Å². The maximum absolute atomic E-state index is 12.8. The number of benzene rings is 1. The lowest BCUT2D eigenvalue weighted by atomic mass is 9.92. The van der Waals surface area contributed by atoms with Gasteiger partial charge in [0.2, 0.25) is 0 Å². The van der Waals surface area contributed by atoms with Crippen LogP contribution in [0.25, 0.3) is 0 Å². The number of amides is 1. The Morgan fingerprint density at radius 3 is 2.85 bits per heavy atom. The molecule has 2 aliphatic rings. The molecule has 3 nitrogen and oxygen atoms in total. The Morgan fingerprint density at radius 1 is 1.25 bits per heavy atom. The highest BCUT2D eigenvalue weighted by Gasteiger charge is 2.25. The fraction of sp³-hybridized carbons (Fsp3) is 0.588. The van der Waals surface area contributed by atoms with Crippen molar-refractivity contribution in [1.82, 2.24) is 10.2 Å². The van der Waals surface area contributed by atoms with Gasteiger partial charge >= 0.3 is 0 Å². The number of fused-ring (bicyclic) bond motifs is 1. The third kappa shape index (κ3) is 2.59. The average molecular weight is 272 g/mol. The molecule has 1 amide bonds. The molecule has 1 N–H and O–H groups in total. The van der Waals surface area contributed by atoms with Crippen LogP contribution in [0.3, 0.4) is 0 Å². The summed E-state index contributed by atoms with van der Waals surface area (Å²) in [5.41, 5.74) is 3.46. The first-order chi connectivity index (χ1) is 9.77. The van der Waals surface area contributed by atoms with Crippen LogP contribution in [0.5, 0.6) is 0 Å². The summed E-state index contributed by atoms with van der Waals surface area (Å²) >= 11 is 0. The Labute approximate surface area is 121 Å². The van der Waals surface area contributed by atoms with Gasteiger partial charge in [-0.15, -0.1) is 0 Å². The quantitative estimate of drug-likeness (QED) is 0.898. The van der Waals surface area contributed by atoms with E-state index in [1.807, 2.05) is 24.1 Å². The number of nitrogens with zero attached hydrogens (tertiary/aromatic N) is 1. The maximum Gasteiger partial charge on any atom is 0.254 e. The first kappa shape index (κ1) is 13.6. The SMILES string of the molecule is CN(C(=O)c1cccc2c1CNCC2)C1CCCCC1. The first-order valence-electron chi connectivity index (χ1n) is 7.86. The molecule has 3 heteroatoms. The van der Waals surface area contributed by atoms with E-state index >= 15 is 0 Å². The summed E-state index contributed by atoms with van der Waals surface area (Å²) < 4.78 is 0. The van der Waals surface area contributed by atoms with E-state index in [1.54, 1.807) is 0 Å². The van der Waals surface area contributed by atoms with E-state index in [2.05, 4.69) is 11.4 Å². The summed E-state index contributed by atoms with van der Waals surface area (Å²) in [5.74, 6) is 0.206. The predicted molar refractivity (Wildman–Crippen MR) is 80.8 cm³/mol. The third-order valence-electron chi connectivity index (χ3n) is 4.82. The van der Waals surface area contributed by atoms with Crippen LogP contribution in [0.15, 0.2) is 18.2 Å². The van der Waals surface area contributed by atoms with Crippen LogP contribution in [0.2, 0.25) is 0 Å². The number of carbonyl (C=O) groups excluding carboxylic acids is 1. The Kier molecular flexibility index (Phi) is 4.06. The molecule has 1 aromatic rings. The first-order valence-corrected chi connectivity index (χ1v) is 7.86. The van der Waals surface area contributed by atoms with E-state index in [-0.39, 0.29) is 5.91 Å². The zero-order chi connectivity index (χ0) is 13.9. The third-order valence-corrected chi connectivity index (χ3v) is 4.82. The second-order valence-electron chi connectivity index (χ2n) is 6.08. The van der Waals surface area contributed by atoms with Crippen LogP contribution in [-0.4, -0.2) is 30.4 Å². The summed E-state index contributed by atoms with van der Waals surface area (Å²) in [7, 11) is 1.98. The molecule has 0 atom stereocenters. The van der Waals surface area contributed by atoms with Crippen molar-refractivity contribution >= 4 is 5.91 Å². The normalized spacial score (nSPS) is 19.4. The lowest BCUT2D eigenvalue weighted by Crippen LogP contribution is -2.39. The lowest BCUT2D eigenvalue weighted by Gasteiger charge is -2.32. The molecule has 0 spiro atoms. The van der Waals surface area contributed by atoms with Gasteiger partial charge in [-0.25, -0.2) is 0 Å². The molecule has 0 unspecified atom stereocenters. The largest absolute Gasteiger partial charge is 0.339 e. The number of nitrogens with one attached hydrogen (secondary N) is 1. The fourth-order valence-electron chi connectivity index (χ4n) is 3.54. The van der Waals surface area contributed by atoms with Crippen molar-refractivity contribution in [1.29, 1.82) is 0 Å². The molecule has 3 rings (SSSR count). The lowest BCUT2D eigenvalue weighted by molar-refractivity contribution is 0.0694. The van der Waals surface area contributed by atoms with Crippen molar-refractivity contribution in [3.8, 4) is 0 Å². The average Bonchev–Trinajstić information content (AvgIpc) is 2.54. The van der Waals surface area contributed by atoms with Crippen molar-refractivity contribution in [3.63, 3.8) is 0 Å². The highest BCUT2D eigenvalue weighted by molar-refractivity contribution is 5.96. The van der Waals surface area contributed by atoms with E-state index in [0.29, 0.717) is 6.04 Å². The standard InChI is InChI=1S/C17H24N2O/c1-19(14-7-3-2-4-8-14)17(20)15-9-5-6-13-10-11-18-12-16(13)15/h5-6,9,14,18H,2-4,7-8,10-12H2,1H3. The molecule has 1 fully saturated rings. The molecular weight excluding hydrogens is 248 g/mol. The second kappa shape index (κ2) is 5.96. The minimum absolute atomic E-state index is 0.206. The van der Waals surface area contributed by atoms with Crippen molar-refractivity contribution in [2.45, 2.75) is 51.1 Å². The van der Waals surface area contributed by atoms with Gasteiger partial charge < -0.3 is 10.2 Å². The van der Waals surface area contributed by atoms with Gasteiger partial charge in [-0.3, -0.25) is 4.79 Å². The summed E-state index contributed by atoms with van der Waals surface area (Å²) in [4.78, 5) is 14.8. The topological polar surface area (TPSA) is 32.3 Å². The highest BCUT2D eigenvalue weighted by Crippen LogP contribution is 2.25. The smallest absolute Gasteiger partial charge is 0.254 e. The van der Waals surface area contributed by atoms with Gasteiger partial charge in [0.25, 0.3) is 5.91 Å². The van der Waals surface area contributed by atoms with Crippen molar-refractivity contribution < 1.29 is 4.79 Å². The number of carbonyl (C=O) groups is 1. The summed E-state index contributed by atoms with van der Waals surface area (Å²) in [6.07, 6.45) is 7.20. The maximum atomic E-state index is 12.8. The van der Waals surface area contributed by atoms with Crippen molar-refractivity contribution in [2.75, 3.05) is 13.6 Å². The van der Waals surface area contributed by atoms with Crippen molar-refractivity contribution in [3.05, 3.63) is 34.9 Å². The number of rotatable bonds is 2. The summed E-state index contributed by atoms with van der Waals surface area (Å²) in [6, 6.07) is 6.62. The van der Waals surface area contributed by atoms with E-state index in [0.717, 1.165) is 37.9 Å². The molecule has 1 heterocycles. The van der Waals surface area contributed by atoms with Gasteiger partial charge in [0, 0.05) is 25.2 Å². The van der Waals surface area contributed by atoms with Crippen LogP contribution in [0.1, 0.15) is 53.6 Å². The summed E-state index contributed by atoms with van der Waals surface area (Å²) in [5, 5.41) is 3.38. The van der Waals surface area contributed by atoms with Crippen LogP contribution < -0.4 is 5.32 Å². The Morgan fingerprint density at radius 2 is 2.05 bits per heavy atom. The van der Waals surface area contributed by atoms with Crippen molar-refractivity contribution in [2.24, 2.45) is 0 Å². The molecule has 1 aliphatic carbocycles. The second-order valence-corrected chi connectivity index (χ2v) is 6.08. The Bertz CT molecular complexity index is 492. The van der Waals surface area contributed by atoms with E-state index in [4.69, 9.17) is 0 Å². The van der Waals surface area contributed by atoms with Crippen LogP contribution in [0.4, 0.5) is 0 Å². The molecule has 108 valence electrons. The predicted octanol–water partition coefficient (Wildman–Crippen LogP) is 2.74. The Hall–Kier alpha value is -1.35. The zero-order valence-electron chi connectivity index (χ0n) is 12.3. The van der Waals surface area contributed by atoms with E-state index in [9.17, 15) is 4.79 Å². The molecule has 0 bridgehead atoms. The minimum Gasteiger partial charge on any atom is -0.339 e. The zero-order valence-corrected chi connectivity index (χ0v) is 12.3.